The summed E-state index contributed by atoms with van der Waals surface area (Å²) >= 11 is 6.33. The van der Waals surface area contributed by atoms with Crippen molar-refractivity contribution in [2.75, 3.05) is 6.67 Å². The number of para-hydroxylation sites is 1. The highest BCUT2D eigenvalue weighted by Crippen LogP contribution is 2.50. The molecule has 1 saturated heterocycles. The van der Waals surface area contributed by atoms with Crippen molar-refractivity contribution in [3.05, 3.63) is 63.2 Å². The van der Waals surface area contributed by atoms with Crippen molar-refractivity contribution in [1.82, 2.24) is 14.6 Å². The Morgan fingerprint density at radius 3 is 2.51 bits per heavy atom. The van der Waals surface area contributed by atoms with Gasteiger partial charge < -0.3 is 19.1 Å². The molecule has 0 saturated carbocycles. The summed E-state index contributed by atoms with van der Waals surface area (Å²) in [5, 5.41) is 13.4. The number of hydrogen-bond donors (Lipinski definition) is 3. The molecule has 2 heterocycles. The van der Waals surface area contributed by atoms with Crippen LogP contribution in [0.15, 0.2) is 46.1 Å². The van der Waals surface area contributed by atoms with E-state index in [0.29, 0.717) is 10.8 Å². The molecule has 7 atom stereocenters. The van der Waals surface area contributed by atoms with E-state index in [0.717, 1.165) is 0 Å². The zero-order valence-corrected chi connectivity index (χ0v) is 23.0. The fourth-order valence-corrected chi connectivity index (χ4v) is 5.78. The highest BCUT2D eigenvalue weighted by Gasteiger charge is 2.59. The Balaban J connectivity index is 1.91. The minimum Gasteiger partial charge on any atom is -0.462 e. The van der Waals surface area contributed by atoms with Gasteiger partial charge >= 0.3 is 19.4 Å². The van der Waals surface area contributed by atoms with E-state index in [2.05, 4.69) is 5.09 Å². The third kappa shape index (κ3) is 6.94. The summed E-state index contributed by atoms with van der Waals surface area (Å²) in [6.07, 6.45) is -6.62. The number of benzene rings is 1. The fraction of sp³-hybridized carbons (Fsp3) is 0.522. The molecule has 3 rings (SSSR count). The van der Waals surface area contributed by atoms with Crippen molar-refractivity contribution < 1.29 is 41.8 Å². The molecule has 0 bridgehead atoms. The summed E-state index contributed by atoms with van der Waals surface area (Å²) in [6.45, 7) is 4.45. The van der Waals surface area contributed by atoms with Gasteiger partial charge in [-0.1, -0.05) is 18.2 Å². The number of halogens is 3. The van der Waals surface area contributed by atoms with Gasteiger partial charge in [-0.25, -0.2) is 13.8 Å². The van der Waals surface area contributed by atoms with Crippen LogP contribution in [0.3, 0.4) is 0 Å². The van der Waals surface area contributed by atoms with Gasteiger partial charge in [-0.3, -0.25) is 23.7 Å². The van der Waals surface area contributed by atoms with Gasteiger partial charge in [-0.05, 0) is 39.8 Å². The first-order valence-electron chi connectivity index (χ1n) is 11.8. The monoisotopic (exact) mass is 595 g/mol. The topological polar surface area (TPSA) is 158 Å². The number of carbonyl (C=O) groups excluding carboxylic acids is 1. The largest absolute Gasteiger partial charge is 0.462 e. The summed E-state index contributed by atoms with van der Waals surface area (Å²) in [5.74, 6) is -2.04. The van der Waals surface area contributed by atoms with Gasteiger partial charge in [0.2, 0.25) is 5.82 Å². The van der Waals surface area contributed by atoms with Crippen molar-refractivity contribution in [3.63, 3.8) is 0 Å². The molecule has 16 heteroatoms. The van der Waals surface area contributed by atoms with Crippen LogP contribution >= 0.6 is 19.3 Å². The number of aliphatic hydroxyl groups excluding tert-OH is 1. The smallest absolute Gasteiger partial charge is 0.459 e. The highest BCUT2D eigenvalue weighted by atomic mass is 35.5. The number of nitrogens with zero attached hydrogens (tertiary/aromatic N) is 1. The molecule has 0 spiro atoms. The maximum absolute atomic E-state index is 14.2. The first kappa shape index (κ1) is 30.9. The molecule has 3 N–H and O–H groups in total. The molecule has 0 radical (unpaired) electrons. The summed E-state index contributed by atoms with van der Waals surface area (Å²) in [6, 6.07) is 6.63. The minimum absolute atomic E-state index is 0.0986. The number of aromatic amines is 1. The molecule has 1 aromatic carbocycles. The zero-order valence-electron chi connectivity index (χ0n) is 21.4. The number of ether oxygens (including phenoxy) is 2. The van der Waals surface area contributed by atoms with Crippen LogP contribution in [0.1, 0.15) is 33.9 Å². The predicted octanol–water partition coefficient (Wildman–Crippen LogP) is 2.40. The van der Waals surface area contributed by atoms with E-state index in [-0.39, 0.29) is 5.75 Å². The van der Waals surface area contributed by atoms with E-state index < -0.39 is 79.0 Å². The molecule has 0 aliphatic carbocycles. The van der Waals surface area contributed by atoms with Crippen molar-refractivity contribution in [2.24, 2.45) is 0 Å². The van der Waals surface area contributed by atoms with E-state index in [1.165, 1.54) is 26.0 Å². The number of esters is 1. The molecular formula is C23H29ClF2N3O9P. The van der Waals surface area contributed by atoms with Gasteiger partial charge in [-0.2, -0.15) is 9.48 Å². The Morgan fingerprint density at radius 2 is 1.92 bits per heavy atom. The number of rotatable bonds is 11. The molecule has 1 aliphatic heterocycles. The van der Waals surface area contributed by atoms with Crippen molar-refractivity contribution in [3.8, 4) is 5.75 Å². The second-order valence-corrected chi connectivity index (χ2v) is 11.5. The molecule has 2 aromatic rings. The standard InChI is InChI=1S/C23H29ClF2N3O9P/c1-12(2)35-20(32)13(3)28-39(34,38-15-8-6-5-7-9-15)37-14(4)17-18(30)23(24,11-25)21(36-17)29-10-16(26)19(31)27-22(29)33/h5-10,12-14,17-18,21,30H,11H2,1-4H3,(H,28,34)(H,27,31,33)/t13-,14+,17+,18?,21+,23+,39?/m0/s1. The molecule has 39 heavy (non-hydrogen) atoms. The third-order valence-electron chi connectivity index (χ3n) is 5.67. The lowest BCUT2D eigenvalue weighted by atomic mass is 9.97. The van der Waals surface area contributed by atoms with Gasteiger partial charge in [-0.15, -0.1) is 11.6 Å². The van der Waals surface area contributed by atoms with Crippen LogP contribution in [0.25, 0.3) is 0 Å². The average Bonchev–Trinajstić information content (AvgIpc) is 3.12. The molecule has 216 valence electrons. The van der Waals surface area contributed by atoms with Crippen LogP contribution in [-0.2, 0) is 23.4 Å². The van der Waals surface area contributed by atoms with E-state index in [4.69, 9.17) is 30.1 Å². The molecule has 1 aliphatic rings. The van der Waals surface area contributed by atoms with Crippen LogP contribution in [0.2, 0.25) is 0 Å². The van der Waals surface area contributed by atoms with Crippen LogP contribution < -0.4 is 20.9 Å². The molecule has 12 nitrogen and oxygen atoms in total. The Kier molecular flexibility index (Phi) is 9.73. The van der Waals surface area contributed by atoms with Gasteiger partial charge in [0.05, 0.1) is 18.4 Å². The van der Waals surface area contributed by atoms with Crippen LogP contribution in [0.5, 0.6) is 5.75 Å². The average molecular weight is 596 g/mol. The van der Waals surface area contributed by atoms with E-state index in [9.17, 15) is 32.8 Å². The Bertz CT molecular complexity index is 1330. The maximum atomic E-state index is 14.2. The highest BCUT2D eigenvalue weighted by molar-refractivity contribution is 7.52. The first-order chi connectivity index (χ1) is 18.2. The molecule has 0 amide bonds. The van der Waals surface area contributed by atoms with E-state index >= 15 is 0 Å². The maximum Gasteiger partial charge on any atom is 0.459 e. The van der Waals surface area contributed by atoms with Crippen LogP contribution in [0, 0.1) is 5.82 Å². The number of alkyl halides is 2. The second kappa shape index (κ2) is 12.3. The van der Waals surface area contributed by atoms with Crippen LogP contribution in [-0.4, -0.2) is 62.6 Å². The van der Waals surface area contributed by atoms with Crippen molar-refractivity contribution >= 4 is 25.3 Å². The molecule has 1 aromatic heterocycles. The number of H-pyrrole nitrogens is 1. The lowest BCUT2D eigenvalue weighted by molar-refractivity contribution is -0.149. The Labute approximate surface area is 226 Å². The quantitative estimate of drug-likeness (QED) is 0.200. The van der Waals surface area contributed by atoms with E-state index in [1.807, 2.05) is 0 Å². The van der Waals surface area contributed by atoms with Crippen molar-refractivity contribution in [1.29, 1.82) is 0 Å². The number of aliphatic hydroxyl groups is 1. The molecule has 2 unspecified atom stereocenters. The Hall–Kier alpha value is -2.61. The second-order valence-electron chi connectivity index (χ2n) is 9.15. The summed E-state index contributed by atoms with van der Waals surface area (Å²) in [5.41, 5.74) is -2.50. The summed E-state index contributed by atoms with van der Waals surface area (Å²) in [7, 11) is -4.45. The number of aromatic nitrogens is 2. The Morgan fingerprint density at radius 1 is 1.28 bits per heavy atom. The molecular weight excluding hydrogens is 567 g/mol. The SMILES string of the molecule is CC(C)OC(=O)[C@H](C)NP(=O)(Oc1ccccc1)O[C@H](C)[C@H]1O[C@@H](n2cc(F)c(=O)[nH]c2=O)[C@@](Cl)(CF)C1O. The zero-order chi connectivity index (χ0) is 29.1. The van der Waals surface area contributed by atoms with Crippen molar-refractivity contribution in [2.45, 2.75) is 69.3 Å². The molecule has 1 fully saturated rings. The van der Waals surface area contributed by atoms with Crippen LogP contribution in [0.4, 0.5) is 8.78 Å². The predicted molar refractivity (Wildman–Crippen MR) is 135 cm³/mol. The third-order valence-corrected chi connectivity index (χ3v) is 7.95. The lowest BCUT2D eigenvalue weighted by Gasteiger charge is -2.30. The van der Waals surface area contributed by atoms with Gasteiger partial charge in [0.1, 0.15) is 35.5 Å². The minimum atomic E-state index is -4.45. The van der Waals surface area contributed by atoms with Gasteiger partial charge in [0.15, 0.2) is 6.23 Å². The first-order valence-corrected chi connectivity index (χ1v) is 13.7. The normalized spacial score (nSPS) is 26.1. The summed E-state index contributed by atoms with van der Waals surface area (Å²) < 4.78 is 64.4. The fourth-order valence-electron chi connectivity index (χ4n) is 3.80. The number of carbonyl (C=O) groups is 1. The van der Waals surface area contributed by atoms with Gasteiger partial charge in [0, 0.05) is 0 Å². The summed E-state index contributed by atoms with van der Waals surface area (Å²) in [4.78, 5) is 35.5. The number of hydrogen-bond acceptors (Lipinski definition) is 9. The number of nitrogens with one attached hydrogen (secondary N) is 2. The van der Waals surface area contributed by atoms with Gasteiger partial charge in [0.25, 0.3) is 5.56 Å². The van der Waals surface area contributed by atoms with E-state index in [1.54, 1.807) is 37.0 Å². The lowest BCUT2D eigenvalue weighted by Crippen LogP contribution is -2.48.